The van der Waals surface area contributed by atoms with Crippen LogP contribution in [0.3, 0.4) is 0 Å². The van der Waals surface area contributed by atoms with Gasteiger partial charge in [0.2, 0.25) is 0 Å². The van der Waals surface area contributed by atoms with Crippen LogP contribution in [0.5, 0.6) is 5.75 Å². The first kappa shape index (κ1) is 11.7. The van der Waals surface area contributed by atoms with Gasteiger partial charge in [-0.05, 0) is 24.3 Å². The molecule has 2 heterocycles. The fraction of sp³-hybridized carbons (Fsp3) is 0.143. The van der Waals surface area contributed by atoms with Crippen LogP contribution >= 0.6 is 0 Å². The molecule has 0 unspecified atom stereocenters. The summed E-state index contributed by atoms with van der Waals surface area (Å²) in [4.78, 5) is 8.82. The van der Waals surface area contributed by atoms with Gasteiger partial charge in [-0.2, -0.15) is 0 Å². The van der Waals surface area contributed by atoms with Crippen LogP contribution in [0, 0.1) is 0 Å². The Bertz CT molecular complexity index is 722. The van der Waals surface area contributed by atoms with Gasteiger partial charge in [0.15, 0.2) is 5.65 Å². The van der Waals surface area contributed by atoms with Crippen molar-refractivity contribution >= 4 is 11.2 Å². The highest BCUT2D eigenvalue weighted by atomic mass is 16.3. The molecule has 0 atom stereocenters. The normalized spacial score (nSPS) is 11.0. The van der Waals surface area contributed by atoms with Gasteiger partial charge in [0.05, 0.1) is 6.61 Å². The van der Waals surface area contributed by atoms with Crippen molar-refractivity contribution in [1.29, 1.82) is 0 Å². The van der Waals surface area contributed by atoms with Crippen LogP contribution in [-0.2, 0) is 6.54 Å². The van der Waals surface area contributed by atoms with Gasteiger partial charge >= 0.3 is 0 Å². The molecule has 3 aromatic rings. The summed E-state index contributed by atoms with van der Waals surface area (Å²) in [5, 5.41) is 18.8. The van der Waals surface area contributed by atoms with E-state index < -0.39 is 0 Å². The number of phenols is 1. The lowest BCUT2D eigenvalue weighted by molar-refractivity contribution is 0.278. The molecular formula is C14H13N3O2. The standard InChI is InChI=1S/C14H13N3O2/c18-8-7-17-13(10-3-1-4-11(19)9-10)16-12-5-2-6-15-14(12)17/h1-6,9,18-19H,7-8H2. The Kier molecular flexibility index (Phi) is 2.89. The lowest BCUT2D eigenvalue weighted by atomic mass is 10.2. The van der Waals surface area contributed by atoms with E-state index in [0.717, 1.165) is 16.7 Å². The highest BCUT2D eigenvalue weighted by Crippen LogP contribution is 2.25. The van der Waals surface area contributed by atoms with Gasteiger partial charge in [-0.1, -0.05) is 12.1 Å². The molecule has 0 aliphatic carbocycles. The van der Waals surface area contributed by atoms with Crippen LogP contribution in [0.2, 0.25) is 0 Å². The third kappa shape index (κ3) is 2.04. The van der Waals surface area contributed by atoms with Crippen LogP contribution < -0.4 is 0 Å². The van der Waals surface area contributed by atoms with E-state index >= 15 is 0 Å². The molecule has 1 aromatic carbocycles. The lowest BCUT2D eigenvalue weighted by Crippen LogP contribution is -2.04. The Morgan fingerprint density at radius 2 is 2.05 bits per heavy atom. The second-order valence-corrected chi connectivity index (χ2v) is 4.21. The van der Waals surface area contributed by atoms with Gasteiger partial charge in [0.25, 0.3) is 0 Å². The van der Waals surface area contributed by atoms with E-state index in [0.29, 0.717) is 12.4 Å². The van der Waals surface area contributed by atoms with Crippen molar-refractivity contribution in [3.8, 4) is 17.1 Å². The first-order valence-electron chi connectivity index (χ1n) is 6.01. The van der Waals surface area contributed by atoms with Crippen LogP contribution in [0.25, 0.3) is 22.6 Å². The average Bonchev–Trinajstić information content (AvgIpc) is 2.79. The SMILES string of the molecule is OCCn1c(-c2cccc(O)c2)nc2cccnc21. The van der Waals surface area contributed by atoms with Crippen molar-refractivity contribution < 1.29 is 10.2 Å². The van der Waals surface area contributed by atoms with E-state index in [4.69, 9.17) is 0 Å². The molecule has 5 nitrogen and oxygen atoms in total. The summed E-state index contributed by atoms with van der Waals surface area (Å²) in [7, 11) is 0. The van der Waals surface area contributed by atoms with Crippen molar-refractivity contribution in [1.82, 2.24) is 14.5 Å². The van der Waals surface area contributed by atoms with Crippen molar-refractivity contribution in [2.45, 2.75) is 6.54 Å². The number of aliphatic hydroxyl groups excluding tert-OH is 1. The summed E-state index contributed by atoms with van der Waals surface area (Å²) in [5.41, 5.74) is 2.30. The molecule has 0 bridgehead atoms. The highest BCUT2D eigenvalue weighted by Gasteiger charge is 2.13. The molecule has 19 heavy (non-hydrogen) atoms. The zero-order chi connectivity index (χ0) is 13.2. The molecule has 0 saturated carbocycles. The largest absolute Gasteiger partial charge is 0.508 e. The number of fused-ring (bicyclic) bond motifs is 1. The average molecular weight is 255 g/mol. The fourth-order valence-electron chi connectivity index (χ4n) is 2.14. The number of rotatable bonds is 3. The van der Waals surface area contributed by atoms with E-state index in [2.05, 4.69) is 9.97 Å². The smallest absolute Gasteiger partial charge is 0.160 e. The molecule has 96 valence electrons. The first-order valence-corrected chi connectivity index (χ1v) is 6.01. The summed E-state index contributed by atoms with van der Waals surface area (Å²) in [6.07, 6.45) is 1.70. The molecule has 2 aromatic heterocycles. The predicted octanol–water partition coefficient (Wildman–Crippen LogP) is 1.80. The fourth-order valence-corrected chi connectivity index (χ4v) is 2.14. The van der Waals surface area contributed by atoms with Gasteiger partial charge in [0, 0.05) is 18.3 Å². The van der Waals surface area contributed by atoms with Crippen LogP contribution in [-0.4, -0.2) is 31.4 Å². The molecule has 5 heteroatoms. The molecular weight excluding hydrogens is 242 g/mol. The predicted molar refractivity (Wildman–Crippen MR) is 71.7 cm³/mol. The Morgan fingerprint density at radius 3 is 2.84 bits per heavy atom. The maximum absolute atomic E-state index is 9.57. The Balaban J connectivity index is 2.25. The van der Waals surface area contributed by atoms with E-state index in [9.17, 15) is 10.2 Å². The number of pyridine rings is 1. The van der Waals surface area contributed by atoms with E-state index in [1.807, 2.05) is 22.8 Å². The minimum atomic E-state index is 0.00779. The number of hydrogen-bond acceptors (Lipinski definition) is 4. The van der Waals surface area contributed by atoms with Gasteiger partial charge in [-0.25, -0.2) is 9.97 Å². The minimum absolute atomic E-state index is 0.00779. The van der Waals surface area contributed by atoms with Crippen LogP contribution in [0.4, 0.5) is 0 Å². The quantitative estimate of drug-likeness (QED) is 0.748. The summed E-state index contributed by atoms with van der Waals surface area (Å²) in [5.74, 6) is 0.881. The topological polar surface area (TPSA) is 71.2 Å². The molecule has 3 rings (SSSR count). The summed E-state index contributed by atoms with van der Waals surface area (Å²) in [6, 6.07) is 10.6. The second kappa shape index (κ2) is 4.70. The van der Waals surface area contributed by atoms with E-state index in [1.165, 1.54) is 0 Å². The molecule has 0 fully saturated rings. The number of phenolic OH excluding ortho intramolecular Hbond substituents is 1. The zero-order valence-corrected chi connectivity index (χ0v) is 10.2. The number of hydrogen-bond donors (Lipinski definition) is 2. The zero-order valence-electron chi connectivity index (χ0n) is 10.2. The highest BCUT2D eigenvalue weighted by molar-refractivity contribution is 5.77. The van der Waals surface area contributed by atoms with Crippen molar-refractivity contribution in [2.75, 3.05) is 6.61 Å². The number of aromatic hydroxyl groups is 1. The summed E-state index contributed by atoms with van der Waals surface area (Å²) in [6.45, 7) is 0.423. The second-order valence-electron chi connectivity index (χ2n) is 4.21. The Hall–Kier alpha value is -2.40. The van der Waals surface area contributed by atoms with Crippen molar-refractivity contribution in [3.63, 3.8) is 0 Å². The van der Waals surface area contributed by atoms with Gasteiger partial charge < -0.3 is 14.8 Å². The molecule has 0 spiro atoms. The maximum Gasteiger partial charge on any atom is 0.160 e. The minimum Gasteiger partial charge on any atom is -0.508 e. The third-order valence-electron chi connectivity index (χ3n) is 2.93. The van der Waals surface area contributed by atoms with Gasteiger partial charge in [-0.3, -0.25) is 0 Å². The first-order chi connectivity index (χ1) is 9.29. The summed E-state index contributed by atoms with van der Waals surface area (Å²) >= 11 is 0. The molecule has 0 saturated heterocycles. The van der Waals surface area contributed by atoms with Crippen molar-refractivity contribution in [2.24, 2.45) is 0 Å². The number of benzene rings is 1. The molecule has 0 radical (unpaired) electrons. The lowest BCUT2D eigenvalue weighted by Gasteiger charge is -2.06. The van der Waals surface area contributed by atoms with Gasteiger partial charge in [0.1, 0.15) is 17.1 Å². The molecule has 0 aliphatic rings. The van der Waals surface area contributed by atoms with Crippen molar-refractivity contribution in [3.05, 3.63) is 42.6 Å². The number of aliphatic hydroxyl groups is 1. The Labute approximate surface area is 109 Å². The molecule has 0 aliphatic heterocycles. The van der Waals surface area contributed by atoms with E-state index in [-0.39, 0.29) is 12.4 Å². The number of imidazole rings is 1. The summed E-state index contributed by atoms with van der Waals surface area (Å²) < 4.78 is 1.85. The molecule has 2 N–H and O–H groups in total. The van der Waals surface area contributed by atoms with E-state index in [1.54, 1.807) is 24.4 Å². The number of aromatic nitrogens is 3. The monoisotopic (exact) mass is 255 g/mol. The van der Waals surface area contributed by atoms with Crippen LogP contribution in [0.1, 0.15) is 0 Å². The third-order valence-corrected chi connectivity index (χ3v) is 2.93. The van der Waals surface area contributed by atoms with Crippen LogP contribution in [0.15, 0.2) is 42.6 Å². The maximum atomic E-state index is 9.57. The Morgan fingerprint density at radius 1 is 1.16 bits per heavy atom. The van der Waals surface area contributed by atoms with Gasteiger partial charge in [-0.15, -0.1) is 0 Å². The number of nitrogens with zero attached hydrogens (tertiary/aromatic N) is 3. The molecule has 0 amide bonds.